The third-order valence-corrected chi connectivity index (χ3v) is 7.73. The van der Waals surface area contributed by atoms with E-state index in [1.165, 1.54) is 11.1 Å². The molecule has 1 saturated heterocycles. The van der Waals surface area contributed by atoms with E-state index in [0.29, 0.717) is 24.3 Å². The molecule has 0 radical (unpaired) electrons. The van der Waals surface area contributed by atoms with Gasteiger partial charge in [-0.05, 0) is 38.5 Å². The number of aromatic amines is 1. The van der Waals surface area contributed by atoms with Crippen molar-refractivity contribution in [2.45, 2.75) is 75.4 Å². The van der Waals surface area contributed by atoms with Gasteiger partial charge in [-0.25, -0.2) is 18.4 Å². The number of nitrogens with zero attached hydrogens (tertiary/aromatic N) is 4. The minimum Gasteiger partial charge on any atom is -0.342 e. The minimum atomic E-state index is -4.25. The molecule has 2 unspecified atom stereocenters. The van der Waals surface area contributed by atoms with E-state index >= 15 is 0 Å². The van der Waals surface area contributed by atoms with Gasteiger partial charge in [0.1, 0.15) is 11.2 Å². The molecule has 0 bridgehead atoms. The second-order valence-electron chi connectivity index (χ2n) is 9.80. The van der Waals surface area contributed by atoms with Crippen molar-refractivity contribution in [3.8, 4) is 0 Å². The molecule has 3 fully saturated rings. The Morgan fingerprint density at radius 3 is 2.32 bits per heavy atom. The highest BCUT2D eigenvalue weighted by atomic mass is 19.4. The Labute approximate surface area is 191 Å². The molecule has 5 rings (SSSR count). The van der Waals surface area contributed by atoms with E-state index in [9.17, 15) is 31.5 Å². The molecule has 2 aromatic heterocycles. The van der Waals surface area contributed by atoms with Crippen LogP contribution in [0.2, 0.25) is 0 Å². The summed E-state index contributed by atoms with van der Waals surface area (Å²) in [5, 5.41) is 4.51. The zero-order valence-electron chi connectivity index (χ0n) is 18.5. The Bertz CT molecular complexity index is 1120. The van der Waals surface area contributed by atoms with Crippen LogP contribution in [0.3, 0.4) is 0 Å². The first-order valence-electron chi connectivity index (χ1n) is 11.7. The molecule has 0 aromatic carbocycles. The number of fused-ring (bicyclic) bond motifs is 1. The molecule has 0 spiro atoms. The summed E-state index contributed by atoms with van der Waals surface area (Å²) in [5.74, 6) is -4.73. The lowest BCUT2D eigenvalue weighted by Gasteiger charge is -2.40. The number of carbonyl (C=O) groups is 1. The molecule has 7 nitrogen and oxygen atoms in total. The van der Waals surface area contributed by atoms with E-state index in [1.807, 2.05) is 0 Å². The van der Waals surface area contributed by atoms with E-state index in [2.05, 4.69) is 15.1 Å². The first kappa shape index (κ1) is 23.2. The summed E-state index contributed by atoms with van der Waals surface area (Å²) in [5.41, 5.74) is -0.0884. The Morgan fingerprint density at radius 2 is 1.74 bits per heavy atom. The lowest BCUT2D eigenvalue weighted by molar-refractivity contribution is -0.187. The number of alkyl halides is 5. The number of likely N-dealkylation sites (tertiary alicyclic amines) is 1. The third kappa shape index (κ3) is 4.19. The summed E-state index contributed by atoms with van der Waals surface area (Å²) in [4.78, 5) is 34.5. The maximum atomic E-state index is 13.6. The van der Waals surface area contributed by atoms with Gasteiger partial charge in [-0.3, -0.25) is 9.59 Å². The molecule has 34 heavy (non-hydrogen) atoms. The van der Waals surface area contributed by atoms with Gasteiger partial charge in [0.25, 0.3) is 5.56 Å². The van der Waals surface area contributed by atoms with Crippen LogP contribution in [0.4, 0.5) is 22.0 Å². The van der Waals surface area contributed by atoms with Gasteiger partial charge in [0.05, 0.1) is 18.2 Å². The molecule has 2 atom stereocenters. The standard InChI is InChI=1S/C22H26F5N5O2/c23-21(24)7-3-13(4-8-21)32-18-16(11-28-32)19(33)30-17(29-18)14-1-2-15(14)20(34)31-9-5-12(6-10-31)22(25,26)27/h11-15H,1-10H2,(H,29,30,33). The molecule has 1 N–H and O–H groups in total. The Hall–Kier alpha value is -2.53. The summed E-state index contributed by atoms with van der Waals surface area (Å²) < 4.78 is 67.5. The molecule has 1 amide bonds. The molecular weight excluding hydrogens is 461 g/mol. The van der Waals surface area contributed by atoms with Gasteiger partial charge in [0, 0.05) is 37.8 Å². The van der Waals surface area contributed by atoms with E-state index in [-0.39, 0.29) is 74.9 Å². The topological polar surface area (TPSA) is 83.9 Å². The maximum Gasteiger partial charge on any atom is 0.391 e. The molecule has 12 heteroatoms. The van der Waals surface area contributed by atoms with Crippen molar-refractivity contribution in [2.24, 2.45) is 11.8 Å². The Balaban J connectivity index is 1.33. The third-order valence-electron chi connectivity index (χ3n) is 7.73. The largest absolute Gasteiger partial charge is 0.391 e. The van der Waals surface area contributed by atoms with Crippen molar-refractivity contribution in [1.82, 2.24) is 24.6 Å². The number of rotatable bonds is 3. The number of hydrogen-bond donors (Lipinski definition) is 1. The fraction of sp³-hybridized carbons (Fsp3) is 0.727. The number of piperidine rings is 1. The van der Waals surface area contributed by atoms with E-state index < -0.39 is 29.5 Å². The predicted molar refractivity (Wildman–Crippen MR) is 111 cm³/mol. The fourth-order valence-corrected chi connectivity index (χ4v) is 5.45. The smallest absolute Gasteiger partial charge is 0.342 e. The molecule has 3 heterocycles. The van der Waals surface area contributed by atoms with E-state index in [4.69, 9.17) is 0 Å². The second kappa shape index (κ2) is 8.30. The van der Waals surface area contributed by atoms with Crippen molar-refractivity contribution in [3.63, 3.8) is 0 Å². The first-order valence-corrected chi connectivity index (χ1v) is 11.7. The highest BCUT2D eigenvalue weighted by molar-refractivity contribution is 5.81. The number of hydrogen-bond acceptors (Lipinski definition) is 4. The van der Waals surface area contributed by atoms with Gasteiger partial charge >= 0.3 is 6.18 Å². The number of nitrogens with one attached hydrogen (secondary N) is 1. The number of aromatic nitrogens is 4. The van der Waals surface area contributed by atoms with Crippen molar-refractivity contribution in [2.75, 3.05) is 13.1 Å². The first-order chi connectivity index (χ1) is 16.0. The van der Waals surface area contributed by atoms with Crippen molar-refractivity contribution in [1.29, 1.82) is 0 Å². The predicted octanol–water partition coefficient (Wildman–Crippen LogP) is 4.16. The summed E-state index contributed by atoms with van der Waals surface area (Å²) in [6.45, 7) is 0.128. The maximum absolute atomic E-state index is 13.6. The van der Waals surface area contributed by atoms with Crippen LogP contribution < -0.4 is 5.56 Å². The quantitative estimate of drug-likeness (QED) is 0.659. The van der Waals surface area contributed by atoms with Crippen LogP contribution in [0.1, 0.15) is 69.2 Å². The minimum absolute atomic E-state index is 0.0638. The Morgan fingerprint density at radius 1 is 1.06 bits per heavy atom. The molecule has 2 aromatic rings. The SMILES string of the molecule is O=C(C1CCC1c1nc2c(cnn2C2CCC(F)(F)CC2)c(=O)[nH]1)N1CCC(C(F)(F)F)CC1. The number of amides is 1. The van der Waals surface area contributed by atoms with Crippen LogP contribution in [0.25, 0.3) is 11.0 Å². The number of carbonyl (C=O) groups excluding carboxylic acids is 1. The van der Waals surface area contributed by atoms with Gasteiger partial charge < -0.3 is 9.88 Å². The number of H-pyrrole nitrogens is 1. The van der Waals surface area contributed by atoms with Crippen LogP contribution in [-0.4, -0.2) is 55.7 Å². The van der Waals surface area contributed by atoms with E-state index in [0.717, 1.165) is 0 Å². The van der Waals surface area contributed by atoms with Crippen LogP contribution in [-0.2, 0) is 4.79 Å². The zero-order valence-corrected chi connectivity index (χ0v) is 18.5. The summed E-state index contributed by atoms with van der Waals surface area (Å²) in [6, 6.07) is -0.284. The monoisotopic (exact) mass is 487 g/mol. The lowest BCUT2D eigenvalue weighted by atomic mass is 9.72. The molecule has 186 valence electrons. The normalized spacial score (nSPS) is 26.6. The summed E-state index contributed by atoms with van der Waals surface area (Å²) in [6.07, 6.45) is -1.93. The van der Waals surface area contributed by atoms with Crippen LogP contribution in [0.5, 0.6) is 0 Å². The lowest BCUT2D eigenvalue weighted by Crippen LogP contribution is -2.48. The second-order valence-corrected chi connectivity index (χ2v) is 9.80. The van der Waals surface area contributed by atoms with Crippen LogP contribution in [0.15, 0.2) is 11.0 Å². The van der Waals surface area contributed by atoms with Crippen molar-refractivity contribution < 1.29 is 26.7 Å². The van der Waals surface area contributed by atoms with Crippen molar-refractivity contribution in [3.05, 3.63) is 22.4 Å². The van der Waals surface area contributed by atoms with Crippen LogP contribution in [0, 0.1) is 11.8 Å². The molecule has 2 aliphatic carbocycles. The molecule has 3 aliphatic rings. The van der Waals surface area contributed by atoms with Crippen molar-refractivity contribution >= 4 is 16.9 Å². The van der Waals surface area contributed by atoms with E-state index in [1.54, 1.807) is 4.68 Å². The van der Waals surface area contributed by atoms with Crippen LogP contribution >= 0.6 is 0 Å². The summed E-state index contributed by atoms with van der Waals surface area (Å²) in [7, 11) is 0. The van der Waals surface area contributed by atoms with Gasteiger partial charge in [-0.15, -0.1) is 0 Å². The highest BCUT2D eigenvalue weighted by Crippen LogP contribution is 2.44. The fourth-order valence-electron chi connectivity index (χ4n) is 5.45. The highest BCUT2D eigenvalue weighted by Gasteiger charge is 2.45. The molecule has 1 aliphatic heterocycles. The summed E-state index contributed by atoms with van der Waals surface area (Å²) >= 11 is 0. The zero-order chi connectivity index (χ0) is 24.3. The Kier molecular flexibility index (Phi) is 5.67. The number of halogens is 5. The van der Waals surface area contributed by atoms with Gasteiger partial charge in [0.2, 0.25) is 11.8 Å². The van der Waals surface area contributed by atoms with Gasteiger partial charge in [0.15, 0.2) is 5.65 Å². The van der Waals surface area contributed by atoms with Gasteiger partial charge in [-0.2, -0.15) is 18.3 Å². The van der Waals surface area contributed by atoms with Gasteiger partial charge in [-0.1, -0.05) is 0 Å². The average molecular weight is 487 g/mol. The molecular formula is C22H26F5N5O2. The molecule has 2 saturated carbocycles. The average Bonchev–Trinajstić information content (AvgIpc) is 3.17.